The van der Waals surface area contributed by atoms with Gasteiger partial charge in [0.05, 0.1) is 22.2 Å². The van der Waals surface area contributed by atoms with Crippen LogP contribution in [0.1, 0.15) is 21.7 Å². The van der Waals surface area contributed by atoms with E-state index in [1.165, 1.54) is 36.5 Å². The summed E-state index contributed by atoms with van der Waals surface area (Å²) in [6, 6.07) is 8.71. The first-order valence-corrected chi connectivity index (χ1v) is 10.5. The predicted molar refractivity (Wildman–Crippen MR) is 123 cm³/mol. The molecule has 1 amide bonds. The molecule has 0 unspecified atom stereocenters. The number of hydrogen-bond acceptors (Lipinski definition) is 6. The first-order valence-electron chi connectivity index (χ1n) is 10.5. The minimum atomic E-state index is -4.70. The van der Waals surface area contributed by atoms with Crippen LogP contribution < -0.4 is 10.6 Å². The lowest BCUT2D eigenvalue weighted by atomic mass is 10.1. The average Bonchev–Trinajstić information content (AvgIpc) is 2.86. The van der Waals surface area contributed by atoms with Crippen LogP contribution >= 0.6 is 0 Å². The van der Waals surface area contributed by atoms with Crippen LogP contribution in [0.2, 0.25) is 0 Å². The molecule has 3 aromatic heterocycles. The van der Waals surface area contributed by atoms with E-state index in [1.54, 1.807) is 0 Å². The summed E-state index contributed by atoms with van der Waals surface area (Å²) < 4.78 is 79.2. The highest BCUT2D eigenvalue weighted by Crippen LogP contribution is 2.36. The predicted octanol–water partition coefficient (Wildman–Crippen LogP) is 5.78. The number of alkyl halides is 6. The number of rotatable bonds is 6. The molecule has 2 N–H and O–H groups in total. The van der Waals surface area contributed by atoms with Gasteiger partial charge >= 0.3 is 12.4 Å². The molecule has 4 rings (SSSR count). The first-order chi connectivity index (χ1) is 17.5. The number of aromatic nitrogens is 4. The van der Waals surface area contributed by atoms with E-state index in [9.17, 15) is 31.1 Å². The Morgan fingerprint density at radius 3 is 2.30 bits per heavy atom. The zero-order valence-corrected chi connectivity index (χ0v) is 18.7. The molecule has 0 bridgehead atoms. The lowest BCUT2D eigenvalue weighted by Gasteiger charge is -2.14. The molecule has 0 aliphatic heterocycles. The van der Waals surface area contributed by atoms with Gasteiger partial charge in [-0.05, 0) is 48.5 Å². The number of pyridine rings is 2. The van der Waals surface area contributed by atoms with Crippen molar-refractivity contribution < 1.29 is 31.1 Å². The number of halogens is 6. The molecule has 37 heavy (non-hydrogen) atoms. The fourth-order valence-corrected chi connectivity index (χ4v) is 3.30. The molecule has 0 fully saturated rings. The normalized spacial score (nSPS) is 11.8. The van der Waals surface area contributed by atoms with E-state index in [0.29, 0.717) is 0 Å². The second-order valence-electron chi connectivity index (χ2n) is 7.56. The Morgan fingerprint density at radius 1 is 0.919 bits per heavy atom. The molecule has 0 aliphatic rings. The lowest BCUT2D eigenvalue weighted by molar-refractivity contribution is -0.138. The van der Waals surface area contributed by atoms with E-state index >= 15 is 0 Å². The molecule has 13 heteroatoms. The van der Waals surface area contributed by atoms with Crippen LogP contribution in [0, 0.1) is 0 Å². The molecule has 190 valence electrons. The van der Waals surface area contributed by atoms with Gasteiger partial charge in [-0.3, -0.25) is 9.78 Å². The van der Waals surface area contributed by atoms with Crippen molar-refractivity contribution in [2.75, 3.05) is 11.9 Å². The summed E-state index contributed by atoms with van der Waals surface area (Å²) in [5, 5.41) is 5.50. The highest BCUT2D eigenvalue weighted by Gasteiger charge is 2.35. The van der Waals surface area contributed by atoms with Gasteiger partial charge in [-0.25, -0.2) is 15.0 Å². The molecule has 0 radical (unpaired) electrons. The third-order valence-electron chi connectivity index (χ3n) is 5.00. The third-order valence-corrected chi connectivity index (χ3v) is 5.00. The van der Waals surface area contributed by atoms with Crippen molar-refractivity contribution >= 4 is 28.4 Å². The molecule has 1 aromatic carbocycles. The van der Waals surface area contributed by atoms with Gasteiger partial charge in [-0.1, -0.05) is 6.08 Å². The van der Waals surface area contributed by atoms with E-state index in [0.717, 1.165) is 24.3 Å². The lowest BCUT2D eigenvalue weighted by Crippen LogP contribution is -2.25. The van der Waals surface area contributed by atoms with E-state index in [-0.39, 0.29) is 40.6 Å². The van der Waals surface area contributed by atoms with Crippen molar-refractivity contribution in [3.05, 3.63) is 84.3 Å². The van der Waals surface area contributed by atoms with E-state index in [2.05, 4.69) is 37.1 Å². The molecule has 7 nitrogen and oxygen atoms in total. The minimum absolute atomic E-state index is 0.00428. The molecule has 4 aromatic rings. The smallest absolute Gasteiger partial charge is 0.346 e. The zero-order chi connectivity index (χ0) is 26.8. The Bertz CT molecular complexity index is 1470. The largest absolute Gasteiger partial charge is 0.418 e. The molecule has 0 atom stereocenters. The number of nitrogens with zero attached hydrogens (tertiary/aromatic N) is 4. The quantitative estimate of drug-likeness (QED) is 0.248. The molecular formula is C24H16F6N6O. The second-order valence-corrected chi connectivity index (χ2v) is 7.56. The van der Waals surface area contributed by atoms with E-state index < -0.39 is 35.1 Å². The number of hydrogen-bond donors (Lipinski definition) is 2. The summed E-state index contributed by atoms with van der Waals surface area (Å²) in [6.07, 6.45) is -6.63. The maximum atomic E-state index is 13.5. The molecule has 0 saturated heterocycles. The zero-order valence-electron chi connectivity index (χ0n) is 18.7. The van der Waals surface area contributed by atoms with Crippen LogP contribution in [0.3, 0.4) is 0 Å². The maximum absolute atomic E-state index is 13.5. The van der Waals surface area contributed by atoms with Crippen LogP contribution in [0.25, 0.3) is 22.4 Å². The number of anilines is 2. The van der Waals surface area contributed by atoms with Gasteiger partial charge < -0.3 is 10.6 Å². The molecule has 0 saturated carbocycles. The fraction of sp³-hybridized carbons (Fsp3) is 0.125. The SMILES string of the molecule is C=CCNC(=O)c1nc(Nc2ccc(C(F)(F)F)cc2)c2ccc(-c3ncccc3C(F)(F)F)nc2n1. The summed E-state index contributed by atoms with van der Waals surface area (Å²) in [5.41, 5.74) is -2.40. The number of carbonyl (C=O) groups is 1. The average molecular weight is 518 g/mol. The summed E-state index contributed by atoms with van der Waals surface area (Å²) >= 11 is 0. The van der Waals surface area contributed by atoms with Gasteiger partial charge in [0.25, 0.3) is 5.91 Å². The summed E-state index contributed by atoms with van der Waals surface area (Å²) in [6.45, 7) is 3.57. The van der Waals surface area contributed by atoms with Crippen molar-refractivity contribution in [3.8, 4) is 11.4 Å². The maximum Gasteiger partial charge on any atom is 0.418 e. The van der Waals surface area contributed by atoms with Crippen molar-refractivity contribution in [2.45, 2.75) is 12.4 Å². The fourth-order valence-electron chi connectivity index (χ4n) is 3.30. The Morgan fingerprint density at radius 2 is 1.65 bits per heavy atom. The van der Waals surface area contributed by atoms with Gasteiger partial charge in [-0.15, -0.1) is 6.58 Å². The van der Waals surface area contributed by atoms with Crippen molar-refractivity contribution in [3.63, 3.8) is 0 Å². The highest BCUT2D eigenvalue weighted by molar-refractivity contribution is 5.96. The van der Waals surface area contributed by atoms with Gasteiger partial charge in [-0.2, -0.15) is 26.3 Å². The van der Waals surface area contributed by atoms with Crippen LogP contribution in [-0.4, -0.2) is 32.4 Å². The van der Waals surface area contributed by atoms with Gasteiger partial charge in [0, 0.05) is 18.4 Å². The van der Waals surface area contributed by atoms with Crippen LogP contribution in [0.4, 0.5) is 37.8 Å². The summed E-state index contributed by atoms with van der Waals surface area (Å²) in [5.74, 6) is -1.09. The Kier molecular flexibility index (Phi) is 6.79. The molecular weight excluding hydrogens is 502 g/mol. The third kappa shape index (κ3) is 5.66. The molecule has 0 spiro atoms. The molecule has 0 aliphatic carbocycles. The Balaban J connectivity index is 1.82. The van der Waals surface area contributed by atoms with Gasteiger partial charge in [0.2, 0.25) is 5.82 Å². The molecule has 3 heterocycles. The van der Waals surface area contributed by atoms with Gasteiger partial charge in [0.1, 0.15) is 11.5 Å². The van der Waals surface area contributed by atoms with Crippen molar-refractivity contribution in [2.24, 2.45) is 0 Å². The van der Waals surface area contributed by atoms with Crippen LogP contribution in [0.15, 0.2) is 67.4 Å². The van der Waals surface area contributed by atoms with Crippen LogP contribution in [-0.2, 0) is 12.4 Å². The summed E-state index contributed by atoms with van der Waals surface area (Å²) in [4.78, 5) is 28.8. The second kappa shape index (κ2) is 9.84. The van der Waals surface area contributed by atoms with Gasteiger partial charge in [0.15, 0.2) is 5.65 Å². The number of fused-ring (bicyclic) bond motifs is 1. The van der Waals surface area contributed by atoms with Crippen LogP contribution in [0.5, 0.6) is 0 Å². The summed E-state index contributed by atoms with van der Waals surface area (Å²) in [7, 11) is 0. The highest BCUT2D eigenvalue weighted by atomic mass is 19.4. The number of nitrogens with one attached hydrogen (secondary N) is 2. The van der Waals surface area contributed by atoms with E-state index in [4.69, 9.17) is 0 Å². The number of amides is 1. The number of carbonyl (C=O) groups excluding carboxylic acids is 1. The van der Waals surface area contributed by atoms with E-state index in [1.807, 2.05) is 0 Å². The topological polar surface area (TPSA) is 92.7 Å². The first kappa shape index (κ1) is 25.5. The van der Waals surface area contributed by atoms with Crippen molar-refractivity contribution in [1.29, 1.82) is 0 Å². The Hall–Kier alpha value is -4.55. The number of benzene rings is 1. The van der Waals surface area contributed by atoms with Crippen molar-refractivity contribution in [1.82, 2.24) is 25.3 Å². The standard InChI is InChI=1S/C24H16F6N6O/c1-2-11-32-22(37)21-35-19(33-14-7-5-13(6-8-14)23(25,26)27)15-9-10-17(34-20(15)36-21)18-16(24(28,29)30)4-3-12-31-18/h2-10,12H,1,11H2,(H,32,37)(H,33,34,35,36). The monoisotopic (exact) mass is 518 g/mol. The minimum Gasteiger partial charge on any atom is -0.346 e. The Labute approximate surface area is 205 Å².